The van der Waals surface area contributed by atoms with Gasteiger partial charge in [0.25, 0.3) is 0 Å². The lowest BCUT2D eigenvalue weighted by Gasteiger charge is -2.27. The molecule has 2 aliphatic rings. The van der Waals surface area contributed by atoms with E-state index in [1.54, 1.807) is 0 Å². The average Bonchev–Trinajstić information content (AvgIpc) is 2.84. The number of benzene rings is 2. The van der Waals surface area contributed by atoms with Gasteiger partial charge >= 0.3 is 0 Å². The Kier molecular flexibility index (Phi) is 7.56. The normalized spacial score (nSPS) is 20.0. The number of aryl methyl sites for hydroxylation is 1. The molecule has 0 radical (unpaired) electrons. The molecule has 1 aliphatic heterocycles. The zero-order chi connectivity index (χ0) is 21.5. The second-order valence-corrected chi connectivity index (χ2v) is 8.95. The highest BCUT2D eigenvalue weighted by molar-refractivity contribution is 5.75. The van der Waals surface area contributed by atoms with E-state index in [-0.39, 0.29) is 6.61 Å². The van der Waals surface area contributed by atoms with Crippen LogP contribution in [0.2, 0.25) is 0 Å². The molecule has 162 valence electrons. The zero-order valence-electron chi connectivity index (χ0n) is 18.7. The lowest BCUT2D eigenvalue weighted by Crippen LogP contribution is -2.26. The molecule has 4 rings (SSSR count). The molecular weight excluding hydrogens is 378 g/mol. The smallest absolute Gasteiger partial charge is 0.0434 e. The summed E-state index contributed by atoms with van der Waals surface area (Å²) in [5.41, 5.74) is 8.19. The average molecular weight is 414 g/mol. The van der Waals surface area contributed by atoms with Crippen LogP contribution in [0.5, 0.6) is 0 Å². The van der Waals surface area contributed by atoms with Gasteiger partial charge in [0, 0.05) is 12.5 Å². The van der Waals surface area contributed by atoms with Crippen molar-refractivity contribution in [2.24, 2.45) is 5.92 Å². The van der Waals surface area contributed by atoms with Crippen LogP contribution < -0.4 is 5.32 Å². The van der Waals surface area contributed by atoms with Crippen LogP contribution in [-0.4, -0.2) is 24.8 Å². The Hall–Kier alpha value is -2.42. The van der Waals surface area contributed by atoms with Crippen molar-refractivity contribution >= 4 is 11.6 Å². The topological polar surface area (TPSA) is 32.3 Å². The van der Waals surface area contributed by atoms with E-state index >= 15 is 0 Å². The van der Waals surface area contributed by atoms with Crippen molar-refractivity contribution < 1.29 is 5.11 Å². The number of allylic oxidation sites excluding steroid dienone is 5. The number of aliphatic hydroxyl groups is 1. The standard InChI is InChI=1S/C29H35NO/c1-22-11-13-23(14-12-22)20-26(8-5-19-31)28-9-2-3-10-29(28)27-7-4-6-25(21-27)24-15-17-30-18-16-24/h2-4,6-7,10-14,20-21,24,28,30-31H,5,8-9,15-19H2,1H3/b26-20+. The second-order valence-electron chi connectivity index (χ2n) is 8.95. The van der Waals surface area contributed by atoms with Gasteiger partial charge in [0.15, 0.2) is 0 Å². The molecule has 2 aromatic rings. The molecule has 2 heteroatoms. The summed E-state index contributed by atoms with van der Waals surface area (Å²) < 4.78 is 0. The maximum atomic E-state index is 9.52. The van der Waals surface area contributed by atoms with Crippen molar-refractivity contribution in [3.8, 4) is 0 Å². The molecule has 31 heavy (non-hydrogen) atoms. The number of hydrogen-bond donors (Lipinski definition) is 2. The molecule has 1 heterocycles. The Bertz CT molecular complexity index is 945. The first-order valence-corrected chi connectivity index (χ1v) is 11.8. The van der Waals surface area contributed by atoms with Gasteiger partial charge in [-0.3, -0.25) is 0 Å². The molecule has 1 fully saturated rings. The van der Waals surface area contributed by atoms with Crippen LogP contribution in [0.25, 0.3) is 11.6 Å². The minimum absolute atomic E-state index is 0.234. The van der Waals surface area contributed by atoms with Crippen molar-refractivity contribution in [2.75, 3.05) is 19.7 Å². The molecule has 2 nitrogen and oxygen atoms in total. The van der Waals surface area contributed by atoms with Gasteiger partial charge in [0.05, 0.1) is 0 Å². The molecule has 1 saturated heterocycles. The van der Waals surface area contributed by atoms with Gasteiger partial charge in [-0.05, 0) is 80.3 Å². The first-order chi connectivity index (χ1) is 15.2. The fourth-order valence-corrected chi connectivity index (χ4v) is 4.91. The quantitative estimate of drug-likeness (QED) is 0.560. The number of hydrogen-bond acceptors (Lipinski definition) is 2. The first kappa shape index (κ1) is 21.8. The first-order valence-electron chi connectivity index (χ1n) is 11.8. The number of rotatable bonds is 7. The molecular formula is C29H35NO. The molecule has 0 aromatic heterocycles. The molecule has 2 aromatic carbocycles. The molecule has 0 amide bonds. The third kappa shape index (κ3) is 5.64. The highest BCUT2D eigenvalue weighted by atomic mass is 16.2. The van der Waals surface area contributed by atoms with Crippen molar-refractivity contribution in [3.63, 3.8) is 0 Å². The van der Waals surface area contributed by atoms with Crippen LogP contribution in [0.15, 0.2) is 72.3 Å². The predicted octanol–water partition coefficient (Wildman–Crippen LogP) is 6.28. The minimum atomic E-state index is 0.234. The van der Waals surface area contributed by atoms with Crippen molar-refractivity contribution in [2.45, 2.75) is 44.9 Å². The monoisotopic (exact) mass is 413 g/mol. The Balaban J connectivity index is 1.65. The maximum Gasteiger partial charge on any atom is 0.0434 e. The Morgan fingerprint density at radius 2 is 1.90 bits per heavy atom. The number of aliphatic hydroxyl groups excluding tert-OH is 1. The Morgan fingerprint density at radius 1 is 1.10 bits per heavy atom. The predicted molar refractivity (Wildman–Crippen MR) is 132 cm³/mol. The summed E-state index contributed by atoms with van der Waals surface area (Å²) in [5, 5.41) is 13.0. The lowest BCUT2D eigenvalue weighted by molar-refractivity contribution is 0.287. The summed E-state index contributed by atoms with van der Waals surface area (Å²) in [6.45, 7) is 4.60. The molecule has 0 spiro atoms. The summed E-state index contributed by atoms with van der Waals surface area (Å²) in [4.78, 5) is 0. The summed E-state index contributed by atoms with van der Waals surface area (Å²) in [5.74, 6) is 1.03. The molecule has 0 saturated carbocycles. The summed E-state index contributed by atoms with van der Waals surface area (Å²) in [6.07, 6.45) is 14.3. The van der Waals surface area contributed by atoms with Gasteiger partial charge in [-0.15, -0.1) is 0 Å². The van der Waals surface area contributed by atoms with E-state index in [0.717, 1.165) is 32.4 Å². The van der Waals surface area contributed by atoms with Crippen molar-refractivity contribution in [1.82, 2.24) is 5.32 Å². The SMILES string of the molecule is Cc1ccc(/C=C(\CCCO)C2CC=CC=C2c2cccc(C3CCNCC3)c2)cc1. The van der Waals surface area contributed by atoms with Crippen LogP contribution in [0, 0.1) is 12.8 Å². The Morgan fingerprint density at radius 3 is 2.68 bits per heavy atom. The van der Waals surface area contributed by atoms with Crippen LogP contribution in [0.1, 0.15) is 60.3 Å². The van der Waals surface area contributed by atoms with Gasteiger partial charge in [-0.2, -0.15) is 0 Å². The van der Waals surface area contributed by atoms with E-state index in [1.807, 2.05) is 0 Å². The van der Waals surface area contributed by atoms with Crippen molar-refractivity contribution in [1.29, 1.82) is 0 Å². The zero-order valence-corrected chi connectivity index (χ0v) is 18.7. The van der Waals surface area contributed by atoms with Crippen LogP contribution in [0.3, 0.4) is 0 Å². The third-order valence-corrected chi connectivity index (χ3v) is 6.69. The summed E-state index contributed by atoms with van der Waals surface area (Å²) >= 11 is 0. The second kappa shape index (κ2) is 10.7. The molecule has 1 atom stereocenters. The van der Waals surface area contributed by atoms with Gasteiger partial charge in [-0.1, -0.05) is 84.0 Å². The molecule has 1 unspecified atom stereocenters. The summed E-state index contributed by atoms with van der Waals surface area (Å²) in [7, 11) is 0. The lowest BCUT2D eigenvalue weighted by atomic mass is 9.78. The molecule has 2 N–H and O–H groups in total. The largest absolute Gasteiger partial charge is 0.396 e. The van der Waals surface area contributed by atoms with E-state index in [0.29, 0.717) is 11.8 Å². The molecule has 1 aliphatic carbocycles. The Labute approximate surface area is 187 Å². The number of nitrogens with one attached hydrogen (secondary N) is 1. The fourth-order valence-electron chi connectivity index (χ4n) is 4.91. The van der Waals surface area contributed by atoms with E-state index in [1.165, 1.54) is 46.2 Å². The van der Waals surface area contributed by atoms with Gasteiger partial charge < -0.3 is 10.4 Å². The van der Waals surface area contributed by atoms with Crippen LogP contribution in [0.4, 0.5) is 0 Å². The van der Waals surface area contributed by atoms with Gasteiger partial charge in [0.2, 0.25) is 0 Å². The van der Waals surface area contributed by atoms with Crippen molar-refractivity contribution in [3.05, 3.63) is 94.6 Å². The van der Waals surface area contributed by atoms with Crippen LogP contribution >= 0.6 is 0 Å². The maximum absolute atomic E-state index is 9.52. The molecule has 0 bridgehead atoms. The minimum Gasteiger partial charge on any atom is -0.396 e. The third-order valence-electron chi connectivity index (χ3n) is 6.69. The van der Waals surface area contributed by atoms with E-state index in [4.69, 9.17) is 0 Å². The van der Waals surface area contributed by atoms with E-state index in [9.17, 15) is 5.11 Å². The van der Waals surface area contributed by atoms with E-state index in [2.05, 4.69) is 85.1 Å². The fraction of sp³-hybridized carbons (Fsp3) is 0.379. The summed E-state index contributed by atoms with van der Waals surface area (Å²) in [6, 6.07) is 18.0. The highest BCUT2D eigenvalue weighted by Crippen LogP contribution is 2.39. The van der Waals surface area contributed by atoms with E-state index < -0.39 is 0 Å². The van der Waals surface area contributed by atoms with Gasteiger partial charge in [-0.25, -0.2) is 0 Å². The van der Waals surface area contributed by atoms with Crippen LogP contribution in [-0.2, 0) is 0 Å². The number of piperidine rings is 1. The van der Waals surface area contributed by atoms with Gasteiger partial charge in [0.1, 0.15) is 0 Å². The highest BCUT2D eigenvalue weighted by Gasteiger charge is 2.22.